The Hall–Kier alpha value is -1.35. The van der Waals surface area contributed by atoms with Crippen molar-refractivity contribution >= 4 is 5.78 Å². The number of hydrogen-bond acceptors (Lipinski definition) is 3. The van der Waals surface area contributed by atoms with Crippen LogP contribution in [0.5, 0.6) is 0 Å². The molecule has 0 N–H and O–H groups in total. The van der Waals surface area contributed by atoms with E-state index in [-0.39, 0.29) is 17.5 Å². The van der Waals surface area contributed by atoms with Crippen molar-refractivity contribution in [3.8, 4) is 0 Å². The highest BCUT2D eigenvalue weighted by Gasteiger charge is 2.53. The molecule has 1 fully saturated rings. The molecule has 3 nitrogen and oxygen atoms in total. The molecule has 0 aromatic carbocycles. The van der Waals surface area contributed by atoms with Gasteiger partial charge in [-0.25, -0.2) is 0 Å². The van der Waals surface area contributed by atoms with Gasteiger partial charge >= 0.3 is 0 Å². The molecule has 1 saturated carbocycles. The first-order chi connectivity index (χ1) is 11.9. The van der Waals surface area contributed by atoms with Gasteiger partial charge in [-0.2, -0.15) is 0 Å². The lowest BCUT2D eigenvalue weighted by Gasteiger charge is -2.44. The maximum atomic E-state index is 12.5. The van der Waals surface area contributed by atoms with E-state index < -0.39 is 0 Å². The van der Waals surface area contributed by atoms with Gasteiger partial charge < -0.3 is 9.47 Å². The Bertz CT molecular complexity index is 636. The van der Waals surface area contributed by atoms with Crippen LogP contribution in [0.4, 0.5) is 0 Å². The zero-order chi connectivity index (χ0) is 18.2. The SMILES string of the molecule is COC1CCC(=O)C2=C1OC1(C)CCC(/C(C)=C/CC=C(C)C)C1C2. The second-order valence-electron chi connectivity index (χ2n) is 8.36. The Kier molecular flexibility index (Phi) is 5.24. The Balaban J connectivity index is 1.85. The fourth-order valence-electron chi connectivity index (χ4n) is 4.83. The van der Waals surface area contributed by atoms with E-state index >= 15 is 0 Å². The standard InChI is InChI=1S/C22H32O3/c1-14(2)7-6-8-15(3)16-11-12-22(4)18(16)13-17-19(23)9-10-20(24-5)21(17)25-22/h7-8,16,18,20H,6,9-13H2,1-5H3/b15-8+. The van der Waals surface area contributed by atoms with Crippen LogP contribution >= 0.6 is 0 Å². The molecule has 0 bridgehead atoms. The zero-order valence-corrected chi connectivity index (χ0v) is 16.4. The maximum Gasteiger partial charge on any atom is 0.162 e. The van der Waals surface area contributed by atoms with Crippen LogP contribution in [0.3, 0.4) is 0 Å². The third kappa shape index (κ3) is 3.48. The maximum absolute atomic E-state index is 12.5. The lowest BCUT2D eigenvalue weighted by atomic mass is 9.74. The van der Waals surface area contributed by atoms with Crippen LogP contribution in [-0.4, -0.2) is 24.6 Å². The van der Waals surface area contributed by atoms with Gasteiger partial charge in [0.15, 0.2) is 5.78 Å². The predicted molar refractivity (Wildman–Crippen MR) is 100 cm³/mol. The zero-order valence-electron chi connectivity index (χ0n) is 16.4. The molecular weight excluding hydrogens is 312 g/mol. The molecule has 3 heteroatoms. The molecule has 0 saturated heterocycles. The van der Waals surface area contributed by atoms with E-state index in [0.29, 0.717) is 18.3 Å². The Labute approximate surface area is 152 Å². The van der Waals surface area contributed by atoms with E-state index in [4.69, 9.17) is 9.47 Å². The molecule has 3 aliphatic rings. The molecule has 0 radical (unpaired) electrons. The minimum atomic E-state index is -0.163. The van der Waals surface area contributed by atoms with Crippen molar-refractivity contribution in [2.45, 2.75) is 77.9 Å². The average molecular weight is 344 g/mol. The highest BCUT2D eigenvalue weighted by molar-refractivity contribution is 5.97. The van der Waals surface area contributed by atoms with Gasteiger partial charge in [-0.15, -0.1) is 0 Å². The monoisotopic (exact) mass is 344 g/mol. The van der Waals surface area contributed by atoms with Gasteiger partial charge in [0, 0.05) is 25.0 Å². The minimum Gasteiger partial charge on any atom is -0.488 e. The number of ketones is 1. The quantitative estimate of drug-likeness (QED) is 0.664. The molecular formula is C22H32O3. The highest BCUT2D eigenvalue weighted by Crippen LogP contribution is 2.54. The summed E-state index contributed by atoms with van der Waals surface area (Å²) in [5.74, 6) is 2.01. The molecule has 138 valence electrons. The molecule has 4 unspecified atom stereocenters. The average Bonchev–Trinajstić information content (AvgIpc) is 2.90. The molecule has 0 aromatic heterocycles. The normalized spacial score (nSPS) is 35.2. The van der Waals surface area contributed by atoms with Crippen LogP contribution in [0, 0.1) is 11.8 Å². The van der Waals surface area contributed by atoms with E-state index in [0.717, 1.165) is 43.4 Å². The van der Waals surface area contributed by atoms with Crippen LogP contribution in [0.15, 0.2) is 34.6 Å². The Morgan fingerprint density at radius 1 is 1.28 bits per heavy atom. The summed E-state index contributed by atoms with van der Waals surface area (Å²) < 4.78 is 12.1. The second kappa shape index (κ2) is 7.11. The summed E-state index contributed by atoms with van der Waals surface area (Å²) in [6.07, 6.45) is 9.96. The van der Waals surface area contributed by atoms with Gasteiger partial charge in [-0.3, -0.25) is 4.79 Å². The predicted octanol–water partition coefficient (Wildman–Crippen LogP) is 5.13. The Morgan fingerprint density at radius 2 is 2.04 bits per heavy atom. The lowest BCUT2D eigenvalue weighted by Crippen LogP contribution is -2.44. The fourth-order valence-corrected chi connectivity index (χ4v) is 4.83. The van der Waals surface area contributed by atoms with Crippen LogP contribution in [-0.2, 0) is 14.3 Å². The molecule has 3 rings (SSSR count). The van der Waals surface area contributed by atoms with Gasteiger partial charge in [-0.1, -0.05) is 23.3 Å². The summed E-state index contributed by atoms with van der Waals surface area (Å²) in [6, 6.07) is 0. The summed E-state index contributed by atoms with van der Waals surface area (Å²) in [5.41, 5.74) is 3.55. The third-order valence-electron chi connectivity index (χ3n) is 6.38. The summed E-state index contributed by atoms with van der Waals surface area (Å²) in [7, 11) is 1.72. The topological polar surface area (TPSA) is 35.5 Å². The molecule has 0 spiro atoms. The van der Waals surface area contributed by atoms with E-state index in [2.05, 4.69) is 39.8 Å². The smallest absolute Gasteiger partial charge is 0.162 e. The molecule has 0 amide bonds. The van der Waals surface area contributed by atoms with Crippen molar-refractivity contribution in [1.82, 2.24) is 0 Å². The molecule has 1 heterocycles. The lowest BCUT2D eigenvalue weighted by molar-refractivity contribution is -0.123. The minimum absolute atomic E-state index is 0.0427. The van der Waals surface area contributed by atoms with Crippen molar-refractivity contribution in [1.29, 1.82) is 0 Å². The first-order valence-electron chi connectivity index (χ1n) is 9.63. The first kappa shape index (κ1) is 18.4. The summed E-state index contributed by atoms with van der Waals surface area (Å²) in [6.45, 7) is 8.76. The number of ether oxygens (including phenoxy) is 2. The molecule has 1 aliphatic heterocycles. The number of allylic oxidation sites excluding steroid dienone is 5. The molecule has 2 aliphatic carbocycles. The highest BCUT2D eigenvalue weighted by atomic mass is 16.5. The van der Waals surface area contributed by atoms with E-state index in [1.807, 2.05) is 0 Å². The summed E-state index contributed by atoms with van der Waals surface area (Å²) >= 11 is 0. The number of rotatable bonds is 4. The molecule has 4 atom stereocenters. The van der Waals surface area contributed by atoms with Crippen LogP contribution in [0.2, 0.25) is 0 Å². The van der Waals surface area contributed by atoms with Gasteiger partial charge in [0.1, 0.15) is 17.5 Å². The second-order valence-corrected chi connectivity index (χ2v) is 8.36. The number of hydrogen-bond donors (Lipinski definition) is 0. The van der Waals surface area contributed by atoms with Crippen LogP contribution in [0.1, 0.15) is 66.2 Å². The third-order valence-corrected chi connectivity index (χ3v) is 6.38. The van der Waals surface area contributed by atoms with Gasteiger partial charge in [0.2, 0.25) is 0 Å². The van der Waals surface area contributed by atoms with E-state index in [1.54, 1.807) is 7.11 Å². The number of carbonyl (C=O) groups excluding carboxylic acids is 1. The number of methoxy groups -OCH3 is 1. The van der Waals surface area contributed by atoms with Crippen LogP contribution < -0.4 is 0 Å². The number of fused-ring (bicyclic) bond motifs is 1. The van der Waals surface area contributed by atoms with E-state index in [9.17, 15) is 4.79 Å². The Morgan fingerprint density at radius 3 is 2.72 bits per heavy atom. The van der Waals surface area contributed by atoms with Crippen molar-refractivity contribution in [2.24, 2.45) is 11.8 Å². The molecule has 25 heavy (non-hydrogen) atoms. The first-order valence-corrected chi connectivity index (χ1v) is 9.63. The van der Waals surface area contributed by atoms with Gasteiger partial charge in [0.25, 0.3) is 0 Å². The summed E-state index contributed by atoms with van der Waals surface area (Å²) in [5, 5.41) is 0. The van der Waals surface area contributed by atoms with Crippen molar-refractivity contribution in [2.75, 3.05) is 7.11 Å². The largest absolute Gasteiger partial charge is 0.488 e. The van der Waals surface area contributed by atoms with Crippen molar-refractivity contribution in [3.63, 3.8) is 0 Å². The number of Topliss-reactive ketones (excluding diaryl/α,β-unsaturated/α-hetero) is 1. The van der Waals surface area contributed by atoms with Crippen molar-refractivity contribution < 1.29 is 14.3 Å². The van der Waals surface area contributed by atoms with Gasteiger partial charge in [-0.05, 0) is 65.7 Å². The summed E-state index contributed by atoms with van der Waals surface area (Å²) in [4.78, 5) is 12.5. The van der Waals surface area contributed by atoms with Crippen molar-refractivity contribution in [3.05, 3.63) is 34.6 Å². The fraction of sp³-hybridized carbons (Fsp3) is 0.682. The van der Waals surface area contributed by atoms with Crippen LogP contribution in [0.25, 0.3) is 0 Å². The van der Waals surface area contributed by atoms with Gasteiger partial charge in [0.05, 0.1) is 0 Å². The molecule has 0 aromatic rings. The number of carbonyl (C=O) groups is 1. The van der Waals surface area contributed by atoms with E-state index in [1.165, 1.54) is 11.1 Å².